The number of amides is 1. The Morgan fingerprint density at radius 2 is 2.26 bits per heavy atom. The maximum atomic E-state index is 13.0. The summed E-state index contributed by atoms with van der Waals surface area (Å²) < 4.78 is 1.94. The van der Waals surface area contributed by atoms with E-state index in [1.54, 1.807) is 11.3 Å². The van der Waals surface area contributed by atoms with Crippen molar-refractivity contribution in [3.05, 3.63) is 40.3 Å². The summed E-state index contributed by atoms with van der Waals surface area (Å²) >= 11 is 1.56. The molecule has 2 aromatic rings. The van der Waals surface area contributed by atoms with Crippen LogP contribution >= 0.6 is 23.7 Å². The zero-order valence-corrected chi connectivity index (χ0v) is 16.9. The van der Waals surface area contributed by atoms with Gasteiger partial charge in [-0.3, -0.25) is 9.48 Å². The van der Waals surface area contributed by atoms with E-state index >= 15 is 0 Å². The maximum Gasteiger partial charge on any atom is 0.274 e. The summed E-state index contributed by atoms with van der Waals surface area (Å²) in [5.74, 6) is -0.00611. The zero-order valence-electron chi connectivity index (χ0n) is 15.3. The molecule has 4 rings (SSSR count). The van der Waals surface area contributed by atoms with Crippen molar-refractivity contribution in [3.8, 4) is 0 Å². The van der Waals surface area contributed by atoms with Crippen molar-refractivity contribution < 1.29 is 9.90 Å². The van der Waals surface area contributed by atoms with Crippen LogP contribution in [-0.4, -0.2) is 51.4 Å². The van der Waals surface area contributed by atoms with Gasteiger partial charge in [-0.1, -0.05) is 6.07 Å². The highest BCUT2D eigenvalue weighted by Gasteiger charge is 2.32. The Hall–Kier alpha value is -1.41. The van der Waals surface area contributed by atoms with E-state index in [0.29, 0.717) is 18.2 Å². The molecule has 148 valence electrons. The summed E-state index contributed by atoms with van der Waals surface area (Å²) in [5.41, 5.74) is 0.521. The maximum absolute atomic E-state index is 13.0. The summed E-state index contributed by atoms with van der Waals surface area (Å²) in [5, 5.41) is 20.4. The van der Waals surface area contributed by atoms with E-state index in [2.05, 4.69) is 10.4 Å². The van der Waals surface area contributed by atoms with E-state index in [0.717, 1.165) is 50.2 Å². The van der Waals surface area contributed by atoms with E-state index in [9.17, 15) is 9.90 Å². The van der Waals surface area contributed by atoms with Gasteiger partial charge in [0.1, 0.15) is 5.69 Å². The lowest BCUT2D eigenvalue weighted by Gasteiger charge is -2.26. The summed E-state index contributed by atoms with van der Waals surface area (Å²) in [7, 11) is 0. The van der Waals surface area contributed by atoms with Crippen LogP contribution in [-0.2, 0) is 0 Å². The number of aliphatic hydroxyl groups excluding tert-OH is 1. The Labute approximate surface area is 170 Å². The van der Waals surface area contributed by atoms with Crippen LogP contribution in [0.4, 0.5) is 0 Å². The van der Waals surface area contributed by atoms with E-state index in [-0.39, 0.29) is 24.4 Å². The van der Waals surface area contributed by atoms with Crippen LogP contribution in [0.1, 0.15) is 59.6 Å². The van der Waals surface area contributed by atoms with Crippen LogP contribution in [0.3, 0.4) is 0 Å². The molecule has 0 aliphatic carbocycles. The Bertz CT molecular complexity index is 730. The van der Waals surface area contributed by atoms with E-state index in [1.807, 2.05) is 39.4 Å². The number of likely N-dealkylation sites (tertiary alicyclic amines) is 1. The molecular formula is C19H27ClN4O2S. The number of halogens is 1. The molecule has 0 bridgehead atoms. The third kappa shape index (κ3) is 4.54. The van der Waals surface area contributed by atoms with E-state index < -0.39 is 6.10 Å². The molecule has 4 heterocycles. The number of carbonyl (C=O) groups excluding carboxylic acids is 1. The molecule has 1 amide bonds. The molecular weight excluding hydrogens is 384 g/mol. The Kier molecular flexibility index (Phi) is 6.92. The number of nitrogens with one attached hydrogen (secondary N) is 1. The lowest BCUT2D eigenvalue weighted by molar-refractivity contribution is 0.0663. The van der Waals surface area contributed by atoms with Gasteiger partial charge in [-0.05, 0) is 56.2 Å². The first-order valence-corrected chi connectivity index (χ1v) is 10.4. The number of rotatable bonds is 5. The summed E-state index contributed by atoms with van der Waals surface area (Å²) in [4.78, 5) is 15.9. The minimum absolute atomic E-state index is 0. The molecule has 0 aromatic carbocycles. The number of hydrogen-bond donors (Lipinski definition) is 2. The Balaban J connectivity index is 0.00000210. The average Bonchev–Trinajstić information content (AvgIpc) is 3.42. The first-order chi connectivity index (χ1) is 12.7. The van der Waals surface area contributed by atoms with E-state index in [4.69, 9.17) is 0 Å². The van der Waals surface area contributed by atoms with Crippen LogP contribution in [0, 0.1) is 0 Å². The molecule has 0 saturated carbocycles. The van der Waals surface area contributed by atoms with Crippen LogP contribution in [0.15, 0.2) is 29.8 Å². The molecule has 2 fully saturated rings. The van der Waals surface area contributed by atoms with Crippen molar-refractivity contribution >= 4 is 29.7 Å². The topological polar surface area (TPSA) is 70.4 Å². The number of nitrogens with zero attached hydrogens (tertiary/aromatic N) is 3. The second-order valence-corrected chi connectivity index (χ2v) is 8.22. The molecule has 2 saturated heterocycles. The molecule has 2 N–H and O–H groups in total. The van der Waals surface area contributed by atoms with Crippen molar-refractivity contribution in [2.24, 2.45) is 0 Å². The highest BCUT2D eigenvalue weighted by Crippen LogP contribution is 2.30. The third-order valence-corrected chi connectivity index (χ3v) is 6.45. The smallest absolute Gasteiger partial charge is 0.274 e. The quantitative estimate of drug-likeness (QED) is 0.794. The number of carbonyl (C=O) groups is 1. The zero-order chi connectivity index (χ0) is 17.9. The van der Waals surface area contributed by atoms with Gasteiger partial charge < -0.3 is 15.3 Å². The highest BCUT2D eigenvalue weighted by molar-refractivity contribution is 7.10. The van der Waals surface area contributed by atoms with Gasteiger partial charge in [0.05, 0.1) is 12.1 Å². The van der Waals surface area contributed by atoms with Crippen LogP contribution < -0.4 is 5.32 Å². The fourth-order valence-electron chi connectivity index (χ4n) is 4.06. The van der Waals surface area contributed by atoms with Crippen LogP contribution in [0.25, 0.3) is 0 Å². The normalized spacial score (nSPS) is 23.8. The molecule has 2 aromatic heterocycles. The van der Waals surface area contributed by atoms with Gasteiger partial charge in [0.15, 0.2) is 0 Å². The molecule has 27 heavy (non-hydrogen) atoms. The SMILES string of the molecule is Cl.O=C(c1ccn(C2CCCNC2)n1)N1CCCC1CC(O)c1cccs1. The molecule has 2 aliphatic rings. The third-order valence-electron chi connectivity index (χ3n) is 5.48. The highest BCUT2D eigenvalue weighted by atomic mass is 35.5. The van der Waals surface area contributed by atoms with Crippen LogP contribution in [0.5, 0.6) is 0 Å². The predicted molar refractivity (Wildman–Crippen MR) is 109 cm³/mol. The van der Waals surface area contributed by atoms with Crippen molar-refractivity contribution in [1.29, 1.82) is 0 Å². The Morgan fingerprint density at radius 1 is 1.37 bits per heavy atom. The number of hydrogen-bond acceptors (Lipinski definition) is 5. The summed E-state index contributed by atoms with van der Waals surface area (Å²) in [6.07, 6.45) is 6.20. The van der Waals surface area contributed by atoms with Gasteiger partial charge in [0.25, 0.3) is 5.91 Å². The van der Waals surface area contributed by atoms with Crippen molar-refractivity contribution in [3.63, 3.8) is 0 Å². The predicted octanol–water partition coefficient (Wildman–Crippen LogP) is 3.02. The average molecular weight is 411 g/mol. The van der Waals surface area contributed by atoms with Crippen molar-refractivity contribution in [2.75, 3.05) is 19.6 Å². The van der Waals surface area contributed by atoms with Gasteiger partial charge in [-0.25, -0.2) is 0 Å². The van der Waals surface area contributed by atoms with Crippen molar-refractivity contribution in [1.82, 2.24) is 20.0 Å². The molecule has 6 nitrogen and oxygen atoms in total. The lowest BCUT2D eigenvalue weighted by Crippen LogP contribution is -2.37. The van der Waals surface area contributed by atoms with Gasteiger partial charge in [-0.2, -0.15) is 5.10 Å². The Morgan fingerprint density at radius 3 is 3.00 bits per heavy atom. The molecule has 0 spiro atoms. The first kappa shape index (κ1) is 20.3. The fraction of sp³-hybridized carbons (Fsp3) is 0.579. The second kappa shape index (κ2) is 9.19. The second-order valence-electron chi connectivity index (χ2n) is 7.24. The van der Waals surface area contributed by atoms with Gasteiger partial charge in [0.2, 0.25) is 0 Å². The number of thiophene rings is 1. The monoisotopic (exact) mass is 410 g/mol. The van der Waals surface area contributed by atoms with Gasteiger partial charge in [0, 0.05) is 30.2 Å². The largest absolute Gasteiger partial charge is 0.387 e. The molecule has 3 atom stereocenters. The number of piperidine rings is 1. The summed E-state index contributed by atoms with van der Waals surface area (Å²) in [6, 6.07) is 6.16. The lowest BCUT2D eigenvalue weighted by atomic mass is 10.1. The van der Waals surface area contributed by atoms with Crippen molar-refractivity contribution in [2.45, 2.75) is 50.3 Å². The minimum Gasteiger partial charge on any atom is -0.387 e. The number of aromatic nitrogens is 2. The molecule has 3 unspecified atom stereocenters. The first-order valence-electron chi connectivity index (χ1n) is 9.50. The van der Waals surface area contributed by atoms with E-state index in [1.165, 1.54) is 0 Å². The summed E-state index contributed by atoms with van der Waals surface area (Å²) in [6.45, 7) is 2.72. The minimum atomic E-state index is -0.501. The van der Waals surface area contributed by atoms with Crippen LogP contribution in [0.2, 0.25) is 0 Å². The molecule has 8 heteroatoms. The molecule has 0 radical (unpaired) electrons. The standard InChI is InChI=1S/C19H26N4O2S.ClH/c24-17(18-6-3-11-26-18)12-14-5-2-9-22(14)19(25)16-7-10-23(21-16)15-4-1-8-20-13-15;/h3,6-7,10-11,14-15,17,20,24H,1-2,4-5,8-9,12-13H2;1H. The van der Waals surface area contributed by atoms with Gasteiger partial charge in [-0.15, -0.1) is 23.7 Å². The van der Waals surface area contributed by atoms with Gasteiger partial charge >= 0.3 is 0 Å². The molecule has 2 aliphatic heterocycles. The fourth-order valence-corrected chi connectivity index (χ4v) is 4.79. The number of aliphatic hydroxyl groups is 1.